The molecule has 124 valence electrons. The third-order valence-corrected chi connectivity index (χ3v) is 3.64. The number of ketones is 1. The van der Waals surface area contributed by atoms with Gasteiger partial charge in [0.05, 0.1) is 0 Å². The summed E-state index contributed by atoms with van der Waals surface area (Å²) in [6, 6.07) is 21.2. The lowest BCUT2D eigenvalue weighted by Crippen LogP contribution is -2.06. The Bertz CT molecular complexity index is 885. The first kappa shape index (κ1) is 16.6. The van der Waals surface area contributed by atoms with E-state index in [0.717, 1.165) is 12.1 Å². The number of hydrogen-bond acceptors (Lipinski definition) is 2. The van der Waals surface area contributed by atoms with Crippen molar-refractivity contribution >= 4 is 17.2 Å². The van der Waals surface area contributed by atoms with E-state index >= 15 is 0 Å². The van der Waals surface area contributed by atoms with Gasteiger partial charge in [0.2, 0.25) is 0 Å². The summed E-state index contributed by atoms with van der Waals surface area (Å²) in [6.07, 6.45) is 1.34. The van der Waals surface area contributed by atoms with Gasteiger partial charge in [-0.25, -0.2) is 8.78 Å². The molecular formula is C21H15F2NO. The maximum absolute atomic E-state index is 14.0. The van der Waals surface area contributed by atoms with Crippen LogP contribution < -0.4 is 5.32 Å². The van der Waals surface area contributed by atoms with Crippen molar-refractivity contribution < 1.29 is 13.6 Å². The Morgan fingerprint density at radius 1 is 0.720 bits per heavy atom. The Morgan fingerprint density at radius 2 is 1.24 bits per heavy atom. The van der Waals surface area contributed by atoms with Gasteiger partial charge in [-0.2, -0.15) is 0 Å². The first-order valence-electron chi connectivity index (χ1n) is 7.72. The third-order valence-electron chi connectivity index (χ3n) is 3.64. The van der Waals surface area contributed by atoms with Gasteiger partial charge in [0.25, 0.3) is 0 Å². The summed E-state index contributed by atoms with van der Waals surface area (Å²) < 4.78 is 27.9. The largest absolute Gasteiger partial charge is 0.350 e. The summed E-state index contributed by atoms with van der Waals surface area (Å²) in [4.78, 5) is 12.5. The molecule has 0 radical (unpaired) electrons. The molecule has 0 spiro atoms. The molecule has 0 amide bonds. The van der Waals surface area contributed by atoms with Gasteiger partial charge < -0.3 is 5.32 Å². The molecule has 1 N–H and O–H groups in total. The van der Waals surface area contributed by atoms with Gasteiger partial charge in [0, 0.05) is 17.3 Å². The molecular weight excluding hydrogens is 320 g/mol. The van der Waals surface area contributed by atoms with Crippen LogP contribution in [0.5, 0.6) is 0 Å². The minimum Gasteiger partial charge on any atom is -0.350 e. The number of rotatable bonds is 5. The number of anilines is 1. The summed E-state index contributed by atoms with van der Waals surface area (Å²) in [5.41, 5.74) is 1.16. The fourth-order valence-corrected chi connectivity index (χ4v) is 2.38. The highest BCUT2D eigenvalue weighted by atomic mass is 19.1. The van der Waals surface area contributed by atoms with Gasteiger partial charge in [-0.1, -0.05) is 66.7 Å². The molecule has 4 heteroatoms. The lowest BCUT2D eigenvalue weighted by molar-refractivity contribution is 0.104. The molecule has 0 atom stereocenters. The van der Waals surface area contributed by atoms with E-state index in [1.165, 1.54) is 12.1 Å². The molecule has 0 bridgehead atoms. The second kappa shape index (κ2) is 7.53. The smallest absolute Gasteiger partial charge is 0.187 e. The number of nitrogens with one attached hydrogen (secondary N) is 1. The monoisotopic (exact) mass is 335 g/mol. The Labute approximate surface area is 144 Å². The topological polar surface area (TPSA) is 29.1 Å². The molecule has 0 aliphatic carbocycles. The highest BCUT2D eigenvalue weighted by molar-refractivity contribution is 6.09. The molecule has 0 aliphatic rings. The number of carbonyl (C=O) groups excluding carboxylic acids is 1. The number of halogens is 2. The van der Waals surface area contributed by atoms with Crippen molar-refractivity contribution in [2.24, 2.45) is 0 Å². The summed E-state index contributed by atoms with van der Waals surface area (Å²) >= 11 is 0. The number of allylic oxidation sites excluding steroid dienone is 1. The Kier molecular flexibility index (Phi) is 5.00. The van der Waals surface area contributed by atoms with Crippen LogP contribution in [0.1, 0.15) is 15.9 Å². The van der Waals surface area contributed by atoms with E-state index in [1.807, 2.05) is 12.1 Å². The number of benzene rings is 3. The zero-order valence-electron chi connectivity index (χ0n) is 13.2. The molecule has 25 heavy (non-hydrogen) atoms. The van der Waals surface area contributed by atoms with E-state index in [0.29, 0.717) is 16.8 Å². The Hall–Kier alpha value is -3.27. The minimum absolute atomic E-state index is 0.260. The zero-order chi connectivity index (χ0) is 17.6. The lowest BCUT2D eigenvalue weighted by Gasteiger charge is -2.13. The fraction of sp³-hybridized carbons (Fsp3) is 0. The SMILES string of the molecule is O=C(C=C(Nc1c(F)cccc1F)c1ccccc1)c1ccccc1. The van der Waals surface area contributed by atoms with Gasteiger partial charge >= 0.3 is 0 Å². The molecule has 3 rings (SSSR count). The molecule has 2 nitrogen and oxygen atoms in total. The number of carbonyl (C=O) groups is 1. The molecule has 0 saturated heterocycles. The highest BCUT2D eigenvalue weighted by Gasteiger charge is 2.13. The summed E-state index contributed by atoms with van der Waals surface area (Å²) in [6.45, 7) is 0. The quantitative estimate of drug-likeness (QED) is 0.506. The van der Waals surface area contributed by atoms with Crippen molar-refractivity contribution in [2.45, 2.75) is 0 Å². The molecule has 3 aromatic carbocycles. The third kappa shape index (κ3) is 3.98. The van der Waals surface area contributed by atoms with Crippen molar-refractivity contribution in [3.05, 3.63) is 108 Å². The summed E-state index contributed by atoms with van der Waals surface area (Å²) in [5, 5.41) is 2.72. The summed E-state index contributed by atoms with van der Waals surface area (Å²) in [7, 11) is 0. The molecule has 0 fully saturated rings. The van der Waals surface area contributed by atoms with Crippen LogP contribution in [0.2, 0.25) is 0 Å². The van der Waals surface area contributed by atoms with Gasteiger partial charge in [-0.15, -0.1) is 0 Å². The van der Waals surface area contributed by atoms with E-state index in [4.69, 9.17) is 0 Å². The summed E-state index contributed by atoms with van der Waals surface area (Å²) in [5.74, 6) is -1.72. The van der Waals surface area contributed by atoms with Crippen molar-refractivity contribution in [2.75, 3.05) is 5.32 Å². The van der Waals surface area contributed by atoms with Gasteiger partial charge in [-0.3, -0.25) is 4.79 Å². The first-order valence-corrected chi connectivity index (χ1v) is 7.72. The first-order chi connectivity index (χ1) is 12.1. The second-order valence-electron chi connectivity index (χ2n) is 5.38. The van der Waals surface area contributed by atoms with Crippen LogP contribution in [0, 0.1) is 11.6 Å². The maximum Gasteiger partial charge on any atom is 0.187 e. The highest BCUT2D eigenvalue weighted by Crippen LogP contribution is 2.24. The van der Waals surface area contributed by atoms with Gasteiger partial charge in [0.15, 0.2) is 5.78 Å². The van der Waals surface area contributed by atoms with Gasteiger partial charge in [0.1, 0.15) is 17.3 Å². The van der Waals surface area contributed by atoms with E-state index < -0.39 is 11.6 Å². The van der Waals surface area contributed by atoms with Crippen LogP contribution in [0.4, 0.5) is 14.5 Å². The molecule has 0 saturated carbocycles. The molecule has 0 aliphatic heterocycles. The maximum atomic E-state index is 14.0. The zero-order valence-corrected chi connectivity index (χ0v) is 13.2. The van der Waals surface area contributed by atoms with Crippen LogP contribution in [0.15, 0.2) is 84.9 Å². The van der Waals surface area contributed by atoms with Crippen molar-refractivity contribution in [3.8, 4) is 0 Å². The number of para-hydroxylation sites is 1. The average molecular weight is 335 g/mol. The van der Waals surface area contributed by atoms with Crippen molar-refractivity contribution in [1.29, 1.82) is 0 Å². The van der Waals surface area contributed by atoms with E-state index in [2.05, 4.69) is 5.32 Å². The fourth-order valence-electron chi connectivity index (χ4n) is 2.38. The van der Waals surface area contributed by atoms with Crippen LogP contribution in [-0.4, -0.2) is 5.78 Å². The van der Waals surface area contributed by atoms with Gasteiger partial charge in [-0.05, 0) is 17.7 Å². The molecule has 0 heterocycles. The van der Waals surface area contributed by atoms with Crippen LogP contribution in [0.3, 0.4) is 0 Å². The minimum atomic E-state index is -0.728. The predicted molar refractivity (Wildman–Crippen MR) is 95.2 cm³/mol. The normalized spacial score (nSPS) is 11.2. The molecule has 0 aromatic heterocycles. The van der Waals surface area contributed by atoms with Crippen LogP contribution in [0.25, 0.3) is 5.70 Å². The van der Waals surface area contributed by atoms with E-state index in [-0.39, 0.29) is 11.5 Å². The Morgan fingerprint density at radius 3 is 1.80 bits per heavy atom. The Balaban J connectivity index is 2.02. The standard InChI is InChI=1S/C21H15F2NO/c22-17-12-7-13-18(23)21(17)24-19(15-8-3-1-4-9-15)14-20(25)16-10-5-2-6-11-16/h1-14,24H. The van der Waals surface area contributed by atoms with Crippen LogP contribution in [-0.2, 0) is 0 Å². The van der Waals surface area contributed by atoms with E-state index in [9.17, 15) is 13.6 Å². The molecule has 0 unspecified atom stereocenters. The van der Waals surface area contributed by atoms with Crippen molar-refractivity contribution in [3.63, 3.8) is 0 Å². The molecule has 3 aromatic rings. The van der Waals surface area contributed by atoms with E-state index in [1.54, 1.807) is 48.5 Å². The van der Waals surface area contributed by atoms with Crippen molar-refractivity contribution in [1.82, 2.24) is 0 Å². The average Bonchev–Trinajstić information content (AvgIpc) is 2.65. The number of hydrogen-bond donors (Lipinski definition) is 1. The van der Waals surface area contributed by atoms with Crippen LogP contribution >= 0.6 is 0 Å². The second-order valence-corrected chi connectivity index (χ2v) is 5.38. The lowest BCUT2D eigenvalue weighted by atomic mass is 10.1. The predicted octanol–water partition coefficient (Wildman–Crippen LogP) is 5.30.